The summed E-state index contributed by atoms with van der Waals surface area (Å²) in [5, 5.41) is 15.8. The Labute approximate surface area is 247 Å². The minimum absolute atomic E-state index is 0.250. The van der Waals surface area contributed by atoms with E-state index in [9.17, 15) is 0 Å². The van der Waals surface area contributed by atoms with Crippen LogP contribution in [0.1, 0.15) is 37.8 Å². The molecule has 2 aromatic heterocycles. The number of fused-ring (bicyclic) bond motifs is 3. The van der Waals surface area contributed by atoms with Crippen LogP contribution in [0.3, 0.4) is 0 Å². The molecule has 0 unspecified atom stereocenters. The number of anilines is 2. The SMILES string of the molecule is CCCCNc1nc(N)nc2c3ccccc3n(Cc3cc(CNCCN4CCSCC4)ccc3OC)c12.CCO. The van der Waals surface area contributed by atoms with Crippen LogP contribution in [0.15, 0.2) is 42.5 Å². The number of thioether (sulfide) groups is 1. The molecule has 0 amide bonds. The van der Waals surface area contributed by atoms with E-state index in [1.54, 1.807) is 14.0 Å². The second-order valence-corrected chi connectivity index (χ2v) is 11.3. The molecule has 1 saturated heterocycles. The minimum atomic E-state index is 0.250. The molecule has 222 valence electrons. The lowest BCUT2D eigenvalue weighted by molar-refractivity contribution is 0.301. The van der Waals surface area contributed by atoms with Crippen LogP contribution < -0.4 is 21.1 Å². The highest BCUT2D eigenvalue weighted by atomic mass is 32.2. The molecule has 0 atom stereocenters. The van der Waals surface area contributed by atoms with E-state index in [0.717, 1.165) is 78.1 Å². The zero-order chi connectivity index (χ0) is 29.0. The van der Waals surface area contributed by atoms with Crippen LogP contribution in [0, 0.1) is 0 Å². The van der Waals surface area contributed by atoms with E-state index < -0.39 is 0 Å². The van der Waals surface area contributed by atoms with Gasteiger partial charge in [0.2, 0.25) is 5.95 Å². The van der Waals surface area contributed by atoms with Crippen LogP contribution in [0.25, 0.3) is 21.9 Å². The zero-order valence-corrected chi connectivity index (χ0v) is 25.5. The number of unbranched alkanes of at least 4 members (excludes halogenated alkanes) is 1. The second kappa shape index (κ2) is 15.8. The second-order valence-electron chi connectivity index (χ2n) is 10.1. The quantitative estimate of drug-likeness (QED) is 0.179. The zero-order valence-electron chi connectivity index (χ0n) is 24.7. The van der Waals surface area contributed by atoms with Crippen molar-refractivity contribution in [2.75, 3.05) is 69.0 Å². The standard InChI is InChI=1S/C29H39N7OS.C2H6O/c1-3-4-11-32-28-27-26(33-29(30)34-28)23-7-5-6-8-24(23)36(27)20-22-18-21(9-10-25(22)37-2)19-31-12-13-35-14-16-38-17-15-35;1-2-3/h5-10,18,31H,3-4,11-17,19-20H2,1-2H3,(H3,30,32,33,34);3H,2H2,1H3. The van der Waals surface area contributed by atoms with Gasteiger partial charge in [-0.25, -0.2) is 4.98 Å². The first-order chi connectivity index (χ1) is 20.1. The highest BCUT2D eigenvalue weighted by Crippen LogP contribution is 2.34. The lowest BCUT2D eigenvalue weighted by Gasteiger charge is -2.26. The molecule has 0 radical (unpaired) electrons. The van der Waals surface area contributed by atoms with Crippen molar-refractivity contribution >= 4 is 45.5 Å². The summed E-state index contributed by atoms with van der Waals surface area (Å²) in [7, 11) is 1.74. The van der Waals surface area contributed by atoms with E-state index in [1.165, 1.54) is 30.2 Å². The number of para-hydroxylation sites is 1. The van der Waals surface area contributed by atoms with E-state index in [4.69, 9.17) is 15.6 Å². The summed E-state index contributed by atoms with van der Waals surface area (Å²) < 4.78 is 8.09. The molecule has 2 aromatic carbocycles. The van der Waals surface area contributed by atoms with Gasteiger partial charge in [0.1, 0.15) is 16.8 Å². The number of nitrogens with zero attached hydrogens (tertiary/aromatic N) is 4. The number of hydrogen-bond acceptors (Lipinski definition) is 9. The number of aliphatic hydroxyl groups excluding tert-OH is 1. The van der Waals surface area contributed by atoms with Crippen LogP contribution in [-0.2, 0) is 13.1 Å². The molecule has 5 N–H and O–H groups in total. The van der Waals surface area contributed by atoms with Crippen molar-refractivity contribution in [1.82, 2.24) is 24.8 Å². The molecule has 1 aliphatic heterocycles. The summed E-state index contributed by atoms with van der Waals surface area (Å²) in [6.45, 7) is 10.9. The van der Waals surface area contributed by atoms with Gasteiger partial charge in [0.15, 0.2) is 5.82 Å². The summed E-state index contributed by atoms with van der Waals surface area (Å²) in [6.07, 6.45) is 2.17. The first-order valence-corrected chi connectivity index (χ1v) is 15.8. The number of aromatic nitrogens is 3. The van der Waals surface area contributed by atoms with E-state index in [2.05, 4.69) is 85.2 Å². The van der Waals surface area contributed by atoms with Crippen molar-refractivity contribution in [2.24, 2.45) is 0 Å². The van der Waals surface area contributed by atoms with Crippen LogP contribution in [0.2, 0.25) is 0 Å². The van der Waals surface area contributed by atoms with Crippen LogP contribution in [0.4, 0.5) is 11.8 Å². The smallest absolute Gasteiger partial charge is 0.222 e. The Kier molecular flexibility index (Phi) is 11.9. The van der Waals surface area contributed by atoms with E-state index in [1.807, 2.05) is 6.07 Å². The number of nitrogens with two attached hydrogens (primary N) is 1. The molecule has 1 aliphatic rings. The third kappa shape index (κ3) is 8.03. The van der Waals surface area contributed by atoms with Crippen molar-refractivity contribution in [3.05, 3.63) is 53.6 Å². The van der Waals surface area contributed by atoms with Crippen LogP contribution >= 0.6 is 11.8 Å². The van der Waals surface area contributed by atoms with Gasteiger partial charge in [-0.1, -0.05) is 37.6 Å². The molecule has 0 saturated carbocycles. The van der Waals surface area contributed by atoms with Crippen molar-refractivity contribution in [3.8, 4) is 5.75 Å². The van der Waals surface area contributed by atoms with Gasteiger partial charge < -0.3 is 35.7 Å². The van der Waals surface area contributed by atoms with Crippen molar-refractivity contribution in [1.29, 1.82) is 0 Å². The fraction of sp³-hybridized carbons (Fsp3) is 0.484. The maximum Gasteiger partial charge on any atom is 0.222 e. The number of rotatable bonds is 12. The molecule has 0 aliphatic carbocycles. The van der Waals surface area contributed by atoms with Gasteiger partial charge in [-0.2, -0.15) is 16.7 Å². The summed E-state index contributed by atoms with van der Waals surface area (Å²) in [6, 6.07) is 14.8. The number of methoxy groups -OCH3 is 1. The Morgan fingerprint density at radius 3 is 2.61 bits per heavy atom. The van der Waals surface area contributed by atoms with Gasteiger partial charge in [0, 0.05) is 68.3 Å². The molecule has 0 bridgehead atoms. The fourth-order valence-corrected chi connectivity index (χ4v) is 6.13. The van der Waals surface area contributed by atoms with Crippen molar-refractivity contribution in [2.45, 2.75) is 39.8 Å². The van der Waals surface area contributed by atoms with Gasteiger partial charge in [-0.15, -0.1) is 0 Å². The molecule has 41 heavy (non-hydrogen) atoms. The summed E-state index contributed by atoms with van der Waals surface area (Å²) in [5.74, 6) is 4.44. The highest BCUT2D eigenvalue weighted by molar-refractivity contribution is 7.99. The summed E-state index contributed by atoms with van der Waals surface area (Å²) in [4.78, 5) is 11.8. The average molecular weight is 580 g/mol. The topological polar surface area (TPSA) is 113 Å². The predicted molar refractivity (Wildman–Crippen MR) is 173 cm³/mol. The van der Waals surface area contributed by atoms with Gasteiger partial charge in [-0.3, -0.25) is 0 Å². The molecular formula is C31H45N7O2S. The summed E-state index contributed by atoms with van der Waals surface area (Å²) >= 11 is 2.05. The van der Waals surface area contributed by atoms with Gasteiger partial charge in [-0.05, 0) is 37.1 Å². The first-order valence-electron chi connectivity index (χ1n) is 14.6. The number of ether oxygens (including phenoxy) is 1. The normalized spacial score (nSPS) is 13.8. The molecule has 4 aromatic rings. The lowest BCUT2D eigenvalue weighted by atomic mass is 10.1. The number of nitrogens with one attached hydrogen (secondary N) is 2. The third-order valence-electron chi connectivity index (χ3n) is 7.15. The molecular weight excluding hydrogens is 534 g/mol. The highest BCUT2D eigenvalue weighted by Gasteiger charge is 2.19. The minimum Gasteiger partial charge on any atom is -0.496 e. The largest absolute Gasteiger partial charge is 0.496 e. The third-order valence-corrected chi connectivity index (χ3v) is 8.10. The fourth-order valence-electron chi connectivity index (χ4n) is 5.15. The number of aliphatic hydroxyl groups is 1. The Hall–Kier alpha value is -3.05. The monoisotopic (exact) mass is 579 g/mol. The lowest BCUT2D eigenvalue weighted by Crippen LogP contribution is -2.37. The average Bonchev–Trinajstić information content (AvgIpc) is 3.29. The van der Waals surface area contributed by atoms with E-state index >= 15 is 0 Å². The van der Waals surface area contributed by atoms with E-state index in [-0.39, 0.29) is 12.6 Å². The molecule has 0 spiro atoms. The Morgan fingerprint density at radius 1 is 1.07 bits per heavy atom. The maximum absolute atomic E-state index is 7.57. The van der Waals surface area contributed by atoms with Crippen LogP contribution in [-0.4, -0.2) is 82.5 Å². The Morgan fingerprint density at radius 2 is 1.85 bits per heavy atom. The van der Waals surface area contributed by atoms with Crippen molar-refractivity contribution < 1.29 is 9.84 Å². The van der Waals surface area contributed by atoms with Gasteiger partial charge >= 0.3 is 0 Å². The van der Waals surface area contributed by atoms with Crippen LogP contribution in [0.5, 0.6) is 5.75 Å². The summed E-state index contributed by atoms with van der Waals surface area (Å²) in [5.41, 5.74) is 11.5. The Bertz CT molecular complexity index is 1390. The molecule has 9 nitrogen and oxygen atoms in total. The maximum atomic E-state index is 7.57. The number of hydrogen-bond donors (Lipinski definition) is 4. The molecule has 5 rings (SSSR count). The molecule has 3 heterocycles. The predicted octanol–water partition coefficient (Wildman–Crippen LogP) is 4.57. The molecule has 10 heteroatoms. The van der Waals surface area contributed by atoms with Gasteiger partial charge in [0.05, 0.1) is 19.2 Å². The number of benzene rings is 2. The van der Waals surface area contributed by atoms with E-state index in [0.29, 0.717) is 6.54 Å². The van der Waals surface area contributed by atoms with Crippen molar-refractivity contribution in [3.63, 3.8) is 0 Å². The Balaban J connectivity index is 0.00000124. The number of nitrogen functional groups attached to an aromatic ring is 1. The van der Waals surface area contributed by atoms with Gasteiger partial charge in [0.25, 0.3) is 0 Å². The first kappa shape index (κ1) is 30.9. The molecule has 1 fully saturated rings.